The standard InChI is InChI=1S/C16H15N3O5/c1-10-5-3-4-6-12(10)16(21)18-17-9-11-7-13(19(22)23)15(20)14(8-11)24-2/h3-9,20H,1-2H3,(H,18,21)/p-1/b17-9-. The topological polar surface area (TPSA) is 117 Å². The van der Waals surface area contributed by atoms with Crippen LogP contribution < -0.4 is 15.3 Å². The minimum Gasteiger partial charge on any atom is -0.865 e. The van der Waals surface area contributed by atoms with Gasteiger partial charge < -0.3 is 9.84 Å². The summed E-state index contributed by atoms with van der Waals surface area (Å²) in [7, 11) is 1.24. The fourth-order valence-electron chi connectivity index (χ4n) is 2.02. The number of nitrogens with one attached hydrogen (secondary N) is 1. The first kappa shape index (κ1) is 16.9. The maximum absolute atomic E-state index is 12.0. The Morgan fingerprint density at radius 2 is 2.04 bits per heavy atom. The van der Waals surface area contributed by atoms with Crippen LogP contribution in [0.1, 0.15) is 21.5 Å². The quantitative estimate of drug-likeness (QED) is 0.510. The maximum atomic E-state index is 12.0. The lowest BCUT2D eigenvalue weighted by Crippen LogP contribution is -2.18. The number of benzene rings is 2. The third-order valence-electron chi connectivity index (χ3n) is 3.24. The van der Waals surface area contributed by atoms with E-state index in [1.807, 2.05) is 6.07 Å². The van der Waals surface area contributed by atoms with Crippen molar-refractivity contribution in [1.82, 2.24) is 5.43 Å². The maximum Gasteiger partial charge on any atom is 0.271 e. The Bertz CT molecular complexity index is 817. The van der Waals surface area contributed by atoms with Gasteiger partial charge in [0.15, 0.2) is 0 Å². The van der Waals surface area contributed by atoms with Crippen LogP contribution in [-0.4, -0.2) is 24.2 Å². The fraction of sp³-hybridized carbons (Fsp3) is 0.125. The Morgan fingerprint density at radius 1 is 1.33 bits per heavy atom. The summed E-state index contributed by atoms with van der Waals surface area (Å²) in [4.78, 5) is 22.1. The average molecular weight is 328 g/mol. The smallest absolute Gasteiger partial charge is 0.271 e. The molecule has 1 N–H and O–H groups in total. The van der Waals surface area contributed by atoms with Gasteiger partial charge in [0.25, 0.3) is 11.6 Å². The number of carbonyl (C=O) groups is 1. The van der Waals surface area contributed by atoms with Gasteiger partial charge in [-0.05, 0) is 24.6 Å². The van der Waals surface area contributed by atoms with Gasteiger partial charge in [-0.3, -0.25) is 14.9 Å². The van der Waals surface area contributed by atoms with Crippen molar-refractivity contribution >= 4 is 17.8 Å². The molecule has 2 rings (SSSR count). The number of rotatable bonds is 5. The largest absolute Gasteiger partial charge is 0.865 e. The highest BCUT2D eigenvalue weighted by Crippen LogP contribution is 2.33. The summed E-state index contributed by atoms with van der Waals surface area (Å²) < 4.78 is 4.82. The van der Waals surface area contributed by atoms with Crippen LogP contribution in [-0.2, 0) is 0 Å². The van der Waals surface area contributed by atoms with Gasteiger partial charge in [0.05, 0.1) is 18.2 Å². The number of methoxy groups -OCH3 is 1. The van der Waals surface area contributed by atoms with Crippen molar-refractivity contribution in [3.8, 4) is 11.5 Å². The van der Waals surface area contributed by atoms with E-state index in [0.29, 0.717) is 5.56 Å². The molecule has 0 aliphatic heterocycles. The Morgan fingerprint density at radius 3 is 2.67 bits per heavy atom. The van der Waals surface area contributed by atoms with E-state index >= 15 is 0 Å². The van der Waals surface area contributed by atoms with Crippen molar-refractivity contribution in [3.63, 3.8) is 0 Å². The molecular formula is C16H14N3O5-. The van der Waals surface area contributed by atoms with E-state index in [9.17, 15) is 20.0 Å². The molecule has 0 radical (unpaired) electrons. The number of amides is 1. The minimum absolute atomic E-state index is 0.170. The van der Waals surface area contributed by atoms with Crippen LogP contribution in [0.3, 0.4) is 0 Å². The normalized spacial score (nSPS) is 10.6. The van der Waals surface area contributed by atoms with Crippen LogP contribution in [0.5, 0.6) is 11.5 Å². The second-order valence-corrected chi connectivity index (χ2v) is 4.84. The molecule has 0 aliphatic rings. The van der Waals surface area contributed by atoms with Crippen LogP contribution in [0.15, 0.2) is 41.5 Å². The molecule has 0 heterocycles. The van der Waals surface area contributed by atoms with Crippen LogP contribution in [0.2, 0.25) is 0 Å². The third-order valence-corrected chi connectivity index (χ3v) is 3.24. The summed E-state index contributed by atoms with van der Waals surface area (Å²) in [5, 5.41) is 26.4. The summed E-state index contributed by atoms with van der Waals surface area (Å²) in [6.45, 7) is 1.79. The molecule has 124 valence electrons. The monoisotopic (exact) mass is 328 g/mol. The number of carbonyl (C=O) groups excluding carboxylic acids is 1. The van der Waals surface area contributed by atoms with Gasteiger partial charge in [-0.1, -0.05) is 18.2 Å². The van der Waals surface area contributed by atoms with Crippen molar-refractivity contribution in [2.75, 3.05) is 7.11 Å². The first-order valence-electron chi connectivity index (χ1n) is 6.86. The molecule has 0 atom stereocenters. The number of hydrogen-bond acceptors (Lipinski definition) is 6. The molecule has 2 aromatic rings. The molecule has 8 nitrogen and oxygen atoms in total. The van der Waals surface area contributed by atoms with Crippen molar-refractivity contribution in [1.29, 1.82) is 0 Å². The third kappa shape index (κ3) is 3.67. The van der Waals surface area contributed by atoms with Crippen LogP contribution in [0.25, 0.3) is 0 Å². The van der Waals surface area contributed by atoms with Gasteiger partial charge in [0.1, 0.15) is 5.75 Å². The lowest BCUT2D eigenvalue weighted by atomic mass is 10.1. The van der Waals surface area contributed by atoms with E-state index in [0.717, 1.165) is 11.6 Å². The molecule has 0 saturated carbocycles. The summed E-state index contributed by atoms with van der Waals surface area (Å²) in [6, 6.07) is 9.35. The highest BCUT2D eigenvalue weighted by Gasteiger charge is 2.13. The van der Waals surface area contributed by atoms with E-state index in [2.05, 4.69) is 10.5 Å². The summed E-state index contributed by atoms with van der Waals surface area (Å²) in [5.41, 5.74) is 3.22. The molecule has 0 aromatic heterocycles. The fourth-order valence-corrected chi connectivity index (χ4v) is 2.02. The molecule has 1 amide bonds. The van der Waals surface area contributed by atoms with E-state index in [1.165, 1.54) is 19.4 Å². The molecule has 0 spiro atoms. The number of nitro groups is 1. The first-order valence-corrected chi connectivity index (χ1v) is 6.86. The molecule has 0 fully saturated rings. The van der Waals surface area contributed by atoms with Gasteiger partial charge in [0, 0.05) is 22.9 Å². The molecule has 0 saturated heterocycles. The van der Waals surface area contributed by atoms with Gasteiger partial charge in [-0.15, -0.1) is 0 Å². The van der Waals surface area contributed by atoms with Crippen LogP contribution >= 0.6 is 0 Å². The SMILES string of the molecule is COc1cc(/C=N\NC(=O)c2ccccc2C)cc([N+](=O)[O-])c1[O-]. The zero-order chi connectivity index (χ0) is 17.7. The number of nitrogens with zero attached hydrogens (tertiary/aromatic N) is 2. The van der Waals surface area contributed by atoms with E-state index in [-0.39, 0.29) is 11.3 Å². The average Bonchev–Trinajstić information content (AvgIpc) is 2.56. The lowest BCUT2D eigenvalue weighted by molar-refractivity contribution is -0.398. The van der Waals surface area contributed by atoms with Gasteiger partial charge in [-0.2, -0.15) is 5.10 Å². The zero-order valence-corrected chi connectivity index (χ0v) is 13.0. The molecular weight excluding hydrogens is 314 g/mol. The highest BCUT2D eigenvalue weighted by atomic mass is 16.6. The minimum atomic E-state index is -0.816. The Labute approximate surface area is 137 Å². The van der Waals surface area contributed by atoms with E-state index < -0.39 is 22.3 Å². The van der Waals surface area contributed by atoms with Gasteiger partial charge in [0.2, 0.25) is 0 Å². The summed E-state index contributed by atoms with van der Waals surface area (Å²) in [5.74, 6) is -1.40. The predicted octanol–water partition coefficient (Wildman–Crippen LogP) is 1.75. The Hall–Kier alpha value is -3.42. The Kier molecular flexibility index (Phi) is 5.10. The van der Waals surface area contributed by atoms with Crippen molar-refractivity contribution in [3.05, 3.63) is 63.2 Å². The first-order chi connectivity index (χ1) is 11.4. The number of aryl methyl sites for hydroxylation is 1. The second kappa shape index (κ2) is 7.23. The van der Waals surface area contributed by atoms with Gasteiger partial charge >= 0.3 is 0 Å². The Balaban J connectivity index is 2.20. The molecule has 24 heavy (non-hydrogen) atoms. The summed E-state index contributed by atoms with van der Waals surface area (Å²) >= 11 is 0. The molecule has 8 heteroatoms. The van der Waals surface area contributed by atoms with Crippen LogP contribution in [0, 0.1) is 17.0 Å². The summed E-state index contributed by atoms with van der Waals surface area (Å²) in [6.07, 6.45) is 1.20. The number of hydrazone groups is 1. The molecule has 0 unspecified atom stereocenters. The van der Waals surface area contributed by atoms with Crippen molar-refractivity contribution in [2.24, 2.45) is 5.10 Å². The molecule has 2 aromatic carbocycles. The zero-order valence-electron chi connectivity index (χ0n) is 13.0. The van der Waals surface area contributed by atoms with E-state index in [4.69, 9.17) is 4.74 Å². The van der Waals surface area contributed by atoms with E-state index in [1.54, 1.807) is 25.1 Å². The molecule has 0 bridgehead atoms. The molecule has 0 aliphatic carbocycles. The van der Waals surface area contributed by atoms with Gasteiger partial charge in [-0.25, -0.2) is 5.43 Å². The second-order valence-electron chi connectivity index (χ2n) is 4.84. The van der Waals surface area contributed by atoms with Crippen molar-refractivity contribution in [2.45, 2.75) is 6.92 Å². The van der Waals surface area contributed by atoms with Crippen LogP contribution in [0.4, 0.5) is 5.69 Å². The lowest BCUT2D eigenvalue weighted by Gasteiger charge is -2.12. The predicted molar refractivity (Wildman–Crippen MR) is 85.3 cm³/mol. The highest BCUT2D eigenvalue weighted by molar-refractivity contribution is 5.96. The number of ether oxygens (including phenoxy) is 1. The number of nitro benzene ring substituents is 1. The number of hydrogen-bond donors (Lipinski definition) is 1. The van der Waals surface area contributed by atoms with Crippen molar-refractivity contribution < 1.29 is 19.6 Å².